The number of nitrogen functional groups attached to an aromatic ring is 1. The SMILES string of the molecule is Nc1ccc(NC(=O)CCCn2cncc(Br)c2=O)cc1. The van der Waals surface area contributed by atoms with E-state index in [9.17, 15) is 9.59 Å². The van der Waals surface area contributed by atoms with E-state index in [1.807, 2.05) is 0 Å². The fourth-order valence-electron chi connectivity index (χ4n) is 1.78. The first-order chi connectivity index (χ1) is 10.1. The Kier molecular flexibility index (Phi) is 5.10. The van der Waals surface area contributed by atoms with E-state index in [0.29, 0.717) is 35.2 Å². The molecule has 0 aliphatic heterocycles. The smallest absolute Gasteiger partial charge is 0.267 e. The molecule has 110 valence electrons. The minimum absolute atomic E-state index is 0.101. The van der Waals surface area contributed by atoms with Gasteiger partial charge in [-0.1, -0.05) is 0 Å². The van der Waals surface area contributed by atoms with Crippen LogP contribution in [0.1, 0.15) is 12.8 Å². The monoisotopic (exact) mass is 350 g/mol. The predicted molar refractivity (Wildman–Crippen MR) is 84.9 cm³/mol. The van der Waals surface area contributed by atoms with Crippen LogP contribution in [-0.4, -0.2) is 15.5 Å². The molecule has 0 fully saturated rings. The quantitative estimate of drug-likeness (QED) is 0.807. The molecule has 0 unspecified atom stereocenters. The van der Waals surface area contributed by atoms with Gasteiger partial charge in [0, 0.05) is 30.5 Å². The van der Waals surface area contributed by atoms with Crippen LogP contribution in [0.2, 0.25) is 0 Å². The third-order valence-electron chi connectivity index (χ3n) is 2.86. The molecule has 0 aliphatic carbocycles. The van der Waals surface area contributed by atoms with Crippen molar-refractivity contribution >= 4 is 33.2 Å². The molecular formula is C14H15BrN4O2. The van der Waals surface area contributed by atoms with Gasteiger partial charge in [0.05, 0.1) is 6.33 Å². The van der Waals surface area contributed by atoms with E-state index in [1.54, 1.807) is 24.3 Å². The summed E-state index contributed by atoms with van der Waals surface area (Å²) in [4.78, 5) is 27.4. The van der Waals surface area contributed by atoms with Crippen molar-refractivity contribution in [3.63, 3.8) is 0 Å². The van der Waals surface area contributed by atoms with Crippen LogP contribution in [0.3, 0.4) is 0 Å². The number of hydrogen-bond donors (Lipinski definition) is 2. The number of aryl methyl sites for hydroxylation is 1. The van der Waals surface area contributed by atoms with Crippen molar-refractivity contribution in [3.8, 4) is 0 Å². The summed E-state index contributed by atoms with van der Waals surface area (Å²) in [5, 5.41) is 2.77. The maximum atomic E-state index is 11.8. The highest BCUT2D eigenvalue weighted by molar-refractivity contribution is 9.10. The Labute approximate surface area is 130 Å². The van der Waals surface area contributed by atoms with Crippen molar-refractivity contribution < 1.29 is 4.79 Å². The molecule has 0 bridgehead atoms. The molecule has 1 aromatic carbocycles. The van der Waals surface area contributed by atoms with Gasteiger partial charge in [0.1, 0.15) is 4.47 Å². The van der Waals surface area contributed by atoms with Gasteiger partial charge in [-0.15, -0.1) is 0 Å². The number of rotatable bonds is 5. The Bertz CT molecular complexity index is 682. The Morgan fingerprint density at radius 2 is 2.05 bits per heavy atom. The number of carbonyl (C=O) groups is 1. The summed E-state index contributed by atoms with van der Waals surface area (Å²) in [6.45, 7) is 0.445. The first-order valence-corrected chi connectivity index (χ1v) is 7.21. The first kappa shape index (κ1) is 15.2. The molecule has 3 N–H and O–H groups in total. The molecule has 1 aromatic heterocycles. The number of carbonyl (C=O) groups excluding carboxylic acids is 1. The Hall–Kier alpha value is -2.15. The number of amides is 1. The number of nitrogens with one attached hydrogen (secondary N) is 1. The lowest BCUT2D eigenvalue weighted by molar-refractivity contribution is -0.116. The summed E-state index contributed by atoms with van der Waals surface area (Å²) in [6.07, 6.45) is 3.79. The maximum absolute atomic E-state index is 11.8. The highest BCUT2D eigenvalue weighted by atomic mass is 79.9. The second-order valence-corrected chi connectivity index (χ2v) is 5.37. The predicted octanol–water partition coefficient (Wildman–Crippen LogP) is 2.01. The summed E-state index contributed by atoms with van der Waals surface area (Å²) >= 11 is 3.13. The van der Waals surface area contributed by atoms with Crippen LogP contribution in [0.15, 0.2) is 46.1 Å². The summed E-state index contributed by atoms with van der Waals surface area (Å²) in [7, 11) is 0. The molecule has 2 rings (SSSR count). The average Bonchev–Trinajstić information content (AvgIpc) is 2.46. The topological polar surface area (TPSA) is 90.0 Å². The first-order valence-electron chi connectivity index (χ1n) is 6.41. The molecule has 1 heterocycles. The van der Waals surface area contributed by atoms with Crippen molar-refractivity contribution in [1.82, 2.24) is 9.55 Å². The van der Waals surface area contributed by atoms with Crippen LogP contribution < -0.4 is 16.6 Å². The van der Waals surface area contributed by atoms with Gasteiger partial charge in [0.25, 0.3) is 5.56 Å². The summed E-state index contributed by atoms with van der Waals surface area (Å²) in [5.41, 5.74) is 6.78. The Morgan fingerprint density at radius 3 is 2.76 bits per heavy atom. The molecule has 0 saturated heterocycles. The Morgan fingerprint density at radius 1 is 1.33 bits per heavy atom. The molecule has 0 radical (unpaired) electrons. The number of aromatic nitrogens is 2. The van der Waals surface area contributed by atoms with Gasteiger partial charge in [0.15, 0.2) is 0 Å². The maximum Gasteiger partial charge on any atom is 0.267 e. The average molecular weight is 351 g/mol. The highest BCUT2D eigenvalue weighted by Gasteiger charge is 2.04. The molecule has 21 heavy (non-hydrogen) atoms. The molecule has 0 spiro atoms. The second kappa shape index (κ2) is 7.03. The van der Waals surface area contributed by atoms with Gasteiger partial charge in [-0.2, -0.15) is 0 Å². The number of anilines is 2. The zero-order valence-electron chi connectivity index (χ0n) is 11.3. The van der Waals surface area contributed by atoms with Gasteiger partial charge < -0.3 is 11.1 Å². The zero-order chi connectivity index (χ0) is 15.2. The highest BCUT2D eigenvalue weighted by Crippen LogP contribution is 2.11. The fourth-order valence-corrected chi connectivity index (χ4v) is 2.13. The lowest BCUT2D eigenvalue weighted by Gasteiger charge is -2.07. The molecule has 0 saturated carbocycles. The minimum Gasteiger partial charge on any atom is -0.399 e. The van der Waals surface area contributed by atoms with Gasteiger partial charge >= 0.3 is 0 Å². The number of halogens is 1. The van der Waals surface area contributed by atoms with Crippen LogP contribution in [0, 0.1) is 0 Å². The van der Waals surface area contributed by atoms with Crippen molar-refractivity contribution in [2.75, 3.05) is 11.1 Å². The zero-order valence-corrected chi connectivity index (χ0v) is 12.8. The van der Waals surface area contributed by atoms with Crippen molar-refractivity contribution in [2.24, 2.45) is 0 Å². The molecule has 0 aliphatic rings. The van der Waals surface area contributed by atoms with Gasteiger partial charge in [-0.25, -0.2) is 4.98 Å². The van der Waals surface area contributed by atoms with Crippen LogP contribution in [0.25, 0.3) is 0 Å². The van der Waals surface area contributed by atoms with E-state index in [-0.39, 0.29) is 11.5 Å². The lowest BCUT2D eigenvalue weighted by Crippen LogP contribution is -2.21. The fraction of sp³-hybridized carbons (Fsp3) is 0.214. The summed E-state index contributed by atoms with van der Waals surface area (Å²) in [6, 6.07) is 6.94. The third-order valence-corrected chi connectivity index (χ3v) is 3.40. The molecule has 0 atom stereocenters. The van der Waals surface area contributed by atoms with Crippen LogP contribution >= 0.6 is 15.9 Å². The van der Waals surface area contributed by atoms with Gasteiger partial charge in [0.2, 0.25) is 5.91 Å². The van der Waals surface area contributed by atoms with Crippen molar-refractivity contribution in [3.05, 3.63) is 51.6 Å². The summed E-state index contributed by atoms with van der Waals surface area (Å²) in [5.74, 6) is -0.101. The molecule has 2 aromatic rings. The van der Waals surface area contributed by atoms with E-state index in [0.717, 1.165) is 0 Å². The van der Waals surface area contributed by atoms with Crippen LogP contribution in [0.5, 0.6) is 0 Å². The number of nitrogens with two attached hydrogens (primary N) is 1. The van der Waals surface area contributed by atoms with Crippen LogP contribution in [-0.2, 0) is 11.3 Å². The summed E-state index contributed by atoms with van der Waals surface area (Å²) < 4.78 is 1.89. The van der Waals surface area contributed by atoms with Crippen molar-refractivity contribution in [2.45, 2.75) is 19.4 Å². The molecule has 6 nitrogen and oxygen atoms in total. The van der Waals surface area contributed by atoms with Gasteiger partial charge in [-0.05, 0) is 46.6 Å². The standard InChI is InChI=1S/C14H15BrN4O2/c15-12-8-17-9-19(14(12)21)7-1-2-13(20)18-11-5-3-10(16)4-6-11/h3-6,8-9H,1-2,7,16H2,(H,18,20). The van der Waals surface area contributed by atoms with E-state index in [2.05, 4.69) is 26.2 Å². The normalized spacial score (nSPS) is 10.3. The van der Waals surface area contributed by atoms with E-state index in [1.165, 1.54) is 17.1 Å². The molecule has 1 amide bonds. The second-order valence-electron chi connectivity index (χ2n) is 4.51. The largest absolute Gasteiger partial charge is 0.399 e. The molecular weight excluding hydrogens is 336 g/mol. The number of hydrogen-bond acceptors (Lipinski definition) is 4. The lowest BCUT2D eigenvalue weighted by atomic mass is 10.2. The minimum atomic E-state index is -0.149. The number of nitrogens with zero attached hydrogens (tertiary/aromatic N) is 2. The van der Waals surface area contributed by atoms with E-state index in [4.69, 9.17) is 5.73 Å². The Balaban J connectivity index is 1.83. The van der Waals surface area contributed by atoms with Gasteiger partial charge in [-0.3, -0.25) is 14.2 Å². The number of benzene rings is 1. The third kappa shape index (κ3) is 4.42. The van der Waals surface area contributed by atoms with Crippen molar-refractivity contribution in [1.29, 1.82) is 0 Å². The van der Waals surface area contributed by atoms with Crippen LogP contribution in [0.4, 0.5) is 11.4 Å². The molecule has 7 heteroatoms. The van der Waals surface area contributed by atoms with E-state index < -0.39 is 0 Å². The van der Waals surface area contributed by atoms with E-state index >= 15 is 0 Å².